The van der Waals surface area contributed by atoms with Gasteiger partial charge in [0, 0.05) is 56.9 Å². The van der Waals surface area contributed by atoms with Crippen LogP contribution in [0.25, 0.3) is 10.9 Å². The normalized spacial score (nSPS) is 17.1. The number of ether oxygens (including phenoxy) is 1. The fourth-order valence-electron chi connectivity index (χ4n) is 3.81. The maximum atomic E-state index is 12.8. The summed E-state index contributed by atoms with van der Waals surface area (Å²) < 4.78 is 5.67. The fourth-order valence-corrected chi connectivity index (χ4v) is 3.81. The van der Waals surface area contributed by atoms with Crippen molar-refractivity contribution in [2.24, 2.45) is 0 Å². The molecule has 0 bridgehead atoms. The Hall–Kier alpha value is -2.06. The Morgan fingerprint density at radius 2 is 1.87 bits per heavy atom. The van der Waals surface area contributed by atoms with E-state index in [1.54, 1.807) is 0 Å². The number of fused-ring (bicyclic) bond motifs is 1. The smallest absolute Gasteiger partial charge is 0.252 e. The van der Waals surface area contributed by atoms with Crippen LogP contribution in [0.5, 0.6) is 0 Å². The third-order valence-electron chi connectivity index (χ3n) is 5.45. The van der Waals surface area contributed by atoms with Gasteiger partial charge in [-0.1, -0.05) is 18.2 Å². The van der Waals surface area contributed by atoms with E-state index in [0.29, 0.717) is 25.3 Å². The molecule has 1 aromatic heterocycles. The molecule has 170 valence electrons. The first-order chi connectivity index (χ1) is 14.7. The van der Waals surface area contributed by atoms with E-state index in [4.69, 9.17) is 4.74 Å². The SMILES string of the molecule is Cc1cc(C(=O)NCCN2CCN(C[C@H](O)COC(C)(C)C)CC2)c2ccccc2n1. The lowest BCUT2D eigenvalue weighted by Gasteiger charge is -2.35. The second kappa shape index (κ2) is 10.5. The molecule has 1 atom stereocenters. The molecule has 31 heavy (non-hydrogen) atoms. The highest BCUT2D eigenvalue weighted by atomic mass is 16.5. The second-order valence-electron chi connectivity index (χ2n) is 9.30. The topological polar surface area (TPSA) is 77.9 Å². The van der Waals surface area contributed by atoms with Crippen LogP contribution in [-0.4, -0.2) is 89.9 Å². The van der Waals surface area contributed by atoms with Crippen molar-refractivity contribution in [3.05, 3.63) is 41.6 Å². The number of pyridine rings is 1. The summed E-state index contributed by atoms with van der Waals surface area (Å²) in [5.74, 6) is -0.0534. The first-order valence-corrected chi connectivity index (χ1v) is 11.1. The quantitative estimate of drug-likeness (QED) is 0.670. The second-order valence-corrected chi connectivity index (χ2v) is 9.30. The molecular weight excluding hydrogens is 392 g/mol. The summed E-state index contributed by atoms with van der Waals surface area (Å²) in [5.41, 5.74) is 2.14. The lowest BCUT2D eigenvalue weighted by atomic mass is 10.1. The lowest BCUT2D eigenvalue weighted by molar-refractivity contribution is -0.0585. The molecule has 0 radical (unpaired) electrons. The molecule has 2 heterocycles. The summed E-state index contributed by atoms with van der Waals surface area (Å²) in [6, 6.07) is 9.60. The maximum absolute atomic E-state index is 12.8. The lowest BCUT2D eigenvalue weighted by Crippen LogP contribution is -2.50. The van der Waals surface area contributed by atoms with Crippen molar-refractivity contribution in [2.75, 3.05) is 52.4 Å². The standard InChI is InChI=1S/C24H36N4O3/c1-18-15-21(20-7-5-6-8-22(20)26-18)23(30)25-9-10-27-11-13-28(14-12-27)16-19(29)17-31-24(2,3)4/h5-8,15,19,29H,9-14,16-17H2,1-4H3,(H,25,30)/t19-/m0/s1. The molecule has 1 amide bonds. The average molecular weight is 429 g/mol. The number of piperazine rings is 1. The first kappa shape index (κ1) is 23.6. The van der Waals surface area contributed by atoms with Crippen LogP contribution in [0, 0.1) is 6.92 Å². The molecule has 1 saturated heterocycles. The number of benzene rings is 1. The third kappa shape index (κ3) is 7.25. The van der Waals surface area contributed by atoms with E-state index >= 15 is 0 Å². The van der Waals surface area contributed by atoms with Crippen LogP contribution in [0.4, 0.5) is 0 Å². The zero-order valence-corrected chi connectivity index (χ0v) is 19.2. The molecule has 1 aliphatic heterocycles. The van der Waals surface area contributed by atoms with Crippen molar-refractivity contribution in [3.8, 4) is 0 Å². The van der Waals surface area contributed by atoms with Gasteiger partial charge in [-0.15, -0.1) is 0 Å². The first-order valence-electron chi connectivity index (χ1n) is 11.1. The summed E-state index contributed by atoms with van der Waals surface area (Å²) >= 11 is 0. The number of rotatable bonds is 8. The van der Waals surface area contributed by atoms with Crippen molar-refractivity contribution >= 4 is 16.8 Å². The predicted molar refractivity (Wildman–Crippen MR) is 123 cm³/mol. The fraction of sp³-hybridized carbons (Fsp3) is 0.583. The van der Waals surface area contributed by atoms with Crippen LogP contribution in [0.3, 0.4) is 0 Å². The molecule has 3 rings (SSSR count). The number of aromatic nitrogens is 1. The van der Waals surface area contributed by atoms with Gasteiger partial charge in [-0.05, 0) is 39.8 Å². The third-order valence-corrected chi connectivity index (χ3v) is 5.45. The minimum absolute atomic E-state index is 0.0534. The number of carbonyl (C=O) groups excluding carboxylic acids is 1. The largest absolute Gasteiger partial charge is 0.389 e. The molecule has 1 fully saturated rings. The number of aliphatic hydroxyl groups is 1. The van der Waals surface area contributed by atoms with E-state index < -0.39 is 6.10 Å². The van der Waals surface area contributed by atoms with Crippen LogP contribution >= 0.6 is 0 Å². The zero-order valence-electron chi connectivity index (χ0n) is 19.2. The van der Waals surface area contributed by atoms with Crippen molar-refractivity contribution < 1.29 is 14.6 Å². The maximum Gasteiger partial charge on any atom is 0.252 e. The van der Waals surface area contributed by atoms with E-state index in [2.05, 4.69) is 20.1 Å². The Kier molecular flexibility index (Phi) is 8.00. The highest BCUT2D eigenvalue weighted by Crippen LogP contribution is 2.18. The summed E-state index contributed by atoms with van der Waals surface area (Å²) in [6.45, 7) is 14.0. The highest BCUT2D eigenvalue weighted by molar-refractivity contribution is 6.06. The Balaban J connectivity index is 1.40. The van der Waals surface area contributed by atoms with Crippen molar-refractivity contribution in [2.45, 2.75) is 39.4 Å². The van der Waals surface area contributed by atoms with Gasteiger partial charge < -0.3 is 15.2 Å². The number of hydrogen-bond donors (Lipinski definition) is 2. The number of carbonyl (C=O) groups is 1. The van der Waals surface area contributed by atoms with Gasteiger partial charge in [0.05, 0.1) is 29.4 Å². The van der Waals surface area contributed by atoms with Gasteiger partial charge in [0.15, 0.2) is 0 Å². The Bertz CT molecular complexity index is 873. The molecule has 2 aromatic rings. The average Bonchev–Trinajstić information content (AvgIpc) is 2.72. The van der Waals surface area contributed by atoms with Gasteiger partial charge in [-0.2, -0.15) is 0 Å². The molecule has 0 unspecified atom stereocenters. The van der Waals surface area contributed by atoms with Crippen LogP contribution in [0.2, 0.25) is 0 Å². The van der Waals surface area contributed by atoms with Gasteiger partial charge in [0.1, 0.15) is 0 Å². The van der Waals surface area contributed by atoms with Crippen molar-refractivity contribution in [1.29, 1.82) is 0 Å². The Morgan fingerprint density at radius 1 is 1.19 bits per heavy atom. The van der Waals surface area contributed by atoms with Gasteiger partial charge >= 0.3 is 0 Å². The highest BCUT2D eigenvalue weighted by Gasteiger charge is 2.21. The van der Waals surface area contributed by atoms with E-state index in [-0.39, 0.29) is 11.5 Å². The summed E-state index contributed by atoms with van der Waals surface area (Å²) in [7, 11) is 0. The van der Waals surface area contributed by atoms with Gasteiger partial charge in [-0.25, -0.2) is 0 Å². The predicted octanol–water partition coefficient (Wildman–Crippen LogP) is 2.07. The molecule has 0 aliphatic carbocycles. The minimum Gasteiger partial charge on any atom is -0.389 e. The molecule has 0 spiro atoms. The summed E-state index contributed by atoms with van der Waals surface area (Å²) in [5, 5.41) is 14.1. The molecule has 7 nitrogen and oxygen atoms in total. The van der Waals surface area contributed by atoms with Crippen molar-refractivity contribution in [1.82, 2.24) is 20.1 Å². The van der Waals surface area contributed by atoms with E-state index in [9.17, 15) is 9.90 Å². The molecule has 2 N–H and O–H groups in total. The minimum atomic E-state index is -0.469. The van der Waals surface area contributed by atoms with Gasteiger partial charge in [0.2, 0.25) is 0 Å². The molecule has 7 heteroatoms. The summed E-state index contributed by atoms with van der Waals surface area (Å²) in [4.78, 5) is 21.9. The van der Waals surface area contributed by atoms with Crippen LogP contribution in [0.15, 0.2) is 30.3 Å². The zero-order chi connectivity index (χ0) is 22.4. The van der Waals surface area contributed by atoms with Crippen LogP contribution in [-0.2, 0) is 4.74 Å². The number of aryl methyl sites for hydroxylation is 1. The van der Waals surface area contributed by atoms with E-state index in [1.807, 2.05) is 58.0 Å². The number of aliphatic hydroxyl groups excluding tert-OH is 1. The number of hydrogen-bond acceptors (Lipinski definition) is 6. The molecule has 1 aliphatic rings. The molecular formula is C24H36N4O3. The number of amides is 1. The van der Waals surface area contributed by atoms with Crippen molar-refractivity contribution in [3.63, 3.8) is 0 Å². The Morgan fingerprint density at radius 3 is 2.58 bits per heavy atom. The summed E-state index contributed by atoms with van der Waals surface area (Å²) in [6.07, 6.45) is -0.469. The number of nitrogens with one attached hydrogen (secondary N) is 1. The monoisotopic (exact) mass is 428 g/mol. The molecule has 0 saturated carbocycles. The number of nitrogens with zero attached hydrogens (tertiary/aromatic N) is 3. The Labute approximate surface area is 185 Å². The molecule has 1 aromatic carbocycles. The van der Waals surface area contributed by atoms with E-state index in [0.717, 1.165) is 49.3 Å². The number of β-amino-alcohol motifs (C(OH)–C–C–N with tert-alkyl or cyclic N) is 1. The van der Waals surface area contributed by atoms with Crippen LogP contribution in [0.1, 0.15) is 36.8 Å². The number of para-hydroxylation sites is 1. The van der Waals surface area contributed by atoms with Crippen LogP contribution < -0.4 is 5.32 Å². The van der Waals surface area contributed by atoms with Gasteiger partial charge in [0.25, 0.3) is 5.91 Å². The van der Waals surface area contributed by atoms with Gasteiger partial charge in [-0.3, -0.25) is 19.6 Å². The van der Waals surface area contributed by atoms with E-state index in [1.165, 1.54) is 0 Å².